The summed E-state index contributed by atoms with van der Waals surface area (Å²) in [5, 5.41) is 6.83. The smallest absolute Gasteiger partial charge is 0.228 e. The van der Waals surface area contributed by atoms with E-state index in [4.69, 9.17) is 9.97 Å². The molecule has 0 atom stereocenters. The summed E-state index contributed by atoms with van der Waals surface area (Å²) in [5.74, 6) is 0.473. The molecule has 0 fully saturated rings. The summed E-state index contributed by atoms with van der Waals surface area (Å²) in [6, 6.07) is 32.9. The third-order valence-corrected chi connectivity index (χ3v) is 7.90. The molecule has 47 heavy (non-hydrogen) atoms. The fourth-order valence-electron chi connectivity index (χ4n) is 5.68. The van der Waals surface area contributed by atoms with Gasteiger partial charge in [-0.15, -0.1) is 0 Å². The maximum atomic E-state index is 13.0. The van der Waals surface area contributed by atoms with Crippen LogP contribution in [0.5, 0.6) is 0 Å². The molecule has 0 aliphatic heterocycles. The molecule has 2 amide bonds. The number of pyridine rings is 3. The van der Waals surface area contributed by atoms with Crippen molar-refractivity contribution in [2.45, 2.75) is 27.2 Å². The number of hydrogen-bond acceptors (Lipinski definition) is 6. The van der Waals surface area contributed by atoms with Crippen molar-refractivity contribution in [1.29, 1.82) is 0 Å². The van der Waals surface area contributed by atoms with E-state index in [0.717, 1.165) is 61.6 Å². The van der Waals surface area contributed by atoms with E-state index in [1.54, 1.807) is 6.20 Å². The SMILES string of the molecule is CC(=O)Nc1cccc(-c2ccc3nc(-c4cccnc4C)n(-c4ccc(CC(=O)Nc5ccc6nc(C)ccc6c5)cc4)c3n2)c1. The number of nitrogens with one attached hydrogen (secondary N) is 2. The minimum atomic E-state index is -0.137. The predicted molar refractivity (Wildman–Crippen MR) is 185 cm³/mol. The van der Waals surface area contributed by atoms with E-state index in [0.29, 0.717) is 17.2 Å². The Hall–Kier alpha value is -6.22. The van der Waals surface area contributed by atoms with Crippen LogP contribution in [0.3, 0.4) is 0 Å². The third kappa shape index (κ3) is 6.19. The monoisotopic (exact) mass is 617 g/mol. The molecule has 0 saturated heterocycles. The fourth-order valence-corrected chi connectivity index (χ4v) is 5.68. The Balaban J connectivity index is 1.21. The van der Waals surface area contributed by atoms with Gasteiger partial charge in [-0.05, 0) is 92.2 Å². The Morgan fingerprint density at radius 2 is 1.55 bits per heavy atom. The van der Waals surface area contributed by atoms with Crippen LogP contribution in [0.2, 0.25) is 0 Å². The van der Waals surface area contributed by atoms with Crippen LogP contribution in [-0.4, -0.2) is 36.3 Å². The van der Waals surface area contributed by atoms with Crippen molar-refractivity contribution in [1.82, 2.24) is 24.5 Å². The molecular weight excluding hydrogens is 586 g/mol. The average molecular weight is 618 g/mol. The highest BCUT2D eigenvalue weighted by Gasteiger charge is 2.19. The zero-order valence-electron chi connectivity index (χ0n) is 26.2. The van der Waals surface area contributed by atoms with Crippen molar-refractivity contribution in [2.24, 2.45) is 0 Å². The number of carbonyl (C=O) groups is 2. The van der Waals surface area contributed by atoms with Gasteiger partial charge in [0, 0.05) is 58.1 Å². The summed E-state index contributed by atoms with van der Waals surface area (Å²) in [5.41, 5.74) is 9.76. The Kier molecular flexibility index (Phi) is 7.71. The summed E-state index contributed by atoms with van der Waals surface area (Å²) in [4.78, 5) is 43.8. The number of benzene rings is 3. The molecule has 0 spiro atoms. The molecule has 7 rings (SSSR count). The Morgan fingerprint density at radius 1 is 0.745 bits per heavy atom. The molecule has 9 nitrogen and oxygen atoms in total. The summed E-state index contributed by atoms with van der Waals surface area (Å²) < 4.78 is 2.02. The average Bonchev–Trinajstić information content (AvgIpc) is 3.44. The Bertz CT molecular complexity index is 2310. The molecule has 0 bridgehead atoms. The lowest BCUT2D eigenvalue weighted by atomic mass is 10.1. The molecular formula is C38H31N7O2. The zero-order chi connectivity index (χ0) is 32.5. The molecule has 9 heteroatoms. The first-order valence-corrected chi connectivity index (χ1v) is 15.3. The first-order valence-electron chi connectivity index (χ1n) is 15.3. The van der Waals surface area contributed by atoms with Crippen molar-refractivity contribution < 1.29 is 9.59 Å². The highest BCUT2D eigenvalue weighted by molar-refractivity contribution is 5.95. The Morgan fingerprint density at radius 3 is 2.36 bits per heavy atom. The van der Waals surface area contributed by atoms with Gasteiger partial charge in [-0.3, -0.25) is 24.1 Å². The number of imidazole rings is 1. The normalized spacial score (nSPS) is 11.1. The largest absolute Gasteiger partial charge is 0.326 e. The lowest BCUT2D eigenvalue weighted by molar-refractivity contribution is -0.116. The molecule has 0 saturated carbocycles. The standard InChI is InChI=1S/C38H31N7O2/c1-23-9-12-28-22-30(13-16-33(28)40-23)42-36(47)20-26-10-14-31(15-11-26)45-37(32-8-5-19-39-24(32)2)44-35-18-17-34(43-38(35)45)27-6-4-7-29(21-27)41-25(3)46/h4-19,21-22H,20H2,1-3H3,(H,41,46)(H,42,47). The maximum Gasteiger partial charge on any atom is 0.228 e. The van der Waals surface area contributed by atoms with Crippen molar-refractivity contribution in [3.05, 3.63) is 126 Å². The molecule has 4 heterocycles. The maximum absolute atomic E-state index is 13.0. The molecule has 7 aromatic rings. The van der Waals surface area contributed by atoms with Crippen LogP contribution in [0.15, 0.2) is 109 Å². The molecule has 2 N–H and O–H groups in total. The topological polar surface area (TPSA) is 115 Å². The molecule has 0 radical (unpaired) electrons. The van der Waals surface area contributed by atoms with Gasteiger partial charge in [0.05, 0.1) is 17.6 Å². The second-order valence-corrected chi connectivity index (χ2v) is 11.5. The third-order valence-electron chi connectivity index (χ3n) is 7.90. The highest BCUT2D eigenvalue weighted by Crippen LogP contribution is 2.31. The van der Waals surface area contributed by atoms with E-state index in [2.05, 4.69) is 20.6 Å². The van der Waals surface area contributed by atoms with Crippen LogP contribution in [0.25, 0.3) is 50.4 Å². The Labute approximate surface area is 271 Å². The summed E-state index contributed by atoms with van der Waals surface area (Å²) >= 11 is 0. The van der Waals surface area contributed by atoms with Gasteiger partial charge < -0.3 is 10.6 Å². The van der Waals surface area contributed by atoms with E-state index in [1.807, 2.05) is 122 Å². The number of nitrogens with zero attached hydrogens (tertiary/aromatic N) is 5. The predicted octanol–water partition coefficient (Wildman–Crippen LogP) is 7.45. The number of anilines is 2. The molecule has 3 aromatic carbocycles. The molecule has 4 aromatic heterocycles. The van der Waals surface area contributed by atoms with Crippen LogP contribution < -0.4 is 10.6 Å². The van der Waals surface area contributed by atoms with Crippen LogP contribution in [0, 0.1) is 13.8 Å². The molecule has 0 unspecified atom stereocenters. The van der Waals surface area contributed by atoms with Crippen molar-refractivity contribution >= 4 is 45.3 Å². The number of carbonyl (C=O) groups excluding carboxylic acids is 2. The quantitative estimate of drug-likeness (QED) is 0.192. The minimum absolute atomic E-state index is 0.107. The van der Waals surface area contributed by atoms with E-state index < -0.39 is 0 Å². The van der Waals surface area contributed by atoms with E-state index in [-0.39, 0.29) is 18.2 Å². The number of amides is 2. The van der Waals surface area contributed by atoms with E-state index in [1.165, 1.54) is 6.92 Å². The first kappa shape index (κ1) is 29.5. The summed E-state index contributed by atoms with van der Waals surface area (Å²) in [7, 11) is 0. The van der Waals surface area contributed by atoms with Gasteiger partial charge >= 0.3 is 0 Å². The number of hydrogen-bond donors (Lipinski definition) is 2. The second kappa shape index (κ2) is 12.3. The second-order valence-electron chi connectivity index (χ2n) is 11.5. The summed E-state index contributed by atoms with van der Waals surface area (Å²) in [6.07, 6.45) is 1.98. The van der Waals surface area contributed by atoms with E-state index >= 15 is 0 Å². The lowest BCUT2D eigenvalue weighted by Gasteiger charge is -2.12. The lowest BCUT2D eigenvalue weighted by Crippen LogP contribution is -2.14. The number of aryl methyl sites for hydroxylation is 2. The van der Waals surface area contributed by atoms with Crippen molar-refractivity contribution in [3.8, 4) is 28.3 Å². The van der Waals surface area contributed by atoms with Gasteiger partial charge in [-0.1, -0.05) is 30.3 Å². The number of fused-ring (bicyclic) bond motifs is 2. The van der Waals surface area contributed by atoms with Gasteiger partial charge in [-0.2, -0.15) is 0 Å². The van der Waals surface area contributed by atoms with Gasteiger partial charge in [0.25, 0.3) is 0 Å². The first-order chi connectivity index (χ1) is 22.8. The van der Waals surface area contributed by atoms with Crippen molar-refractivity contribution in [2.75, 3.05) is 10.6 Å². The number of aromatic nitrogens is 5. The highest BCUT2D eigenvalue weighted by atomic mass is 16.2. The van der Waals surface area contributed by atoms with Gasteiger partial charge in [0.1, 0.15) is 11.3 Å². The number of rotatable bonds is 7. The minimum Gasteiger partial charge on any atom is -0.326 e. The summed E-state index contributed by atoms with van der Waals surface area (Å²) in [6.45, 7) is 5.40. The van der Waals surface area contributed by atoms with Crippen molar-refractivity contribution in [3.63, 3.8) is 0 Å². The van der Waals surface area contributed by atoms with Crippen LogP contribution in [0.1, 0.15) is 23.9 Å². The van der Waals surface area contributed by atoms with Crippen LogP contribution >= 0.6 is 0 Å². The van der Waals surface area contributed by atoms with Gasteiger partial charge in [0.2, 0.25) is 11.8 Å². The van der Waals surface area contributed by atoms with Crippen LogP contribution in [-0.2, 0) is 16.0 Å². The van der Waals surface area contributed by atoms with Gasteiger partial charge in [-0.25, -0.2) is 9.97 Å². The molecule has 230 valence electrons. The molecule has 0 aliphatic carbocycles. The van der Waals surface area contributed by atoms with Crippen LogP contribution in [0.4, 0.5) is 11.4 Å². The zero-order valence-corrected chi connectivity index (χ0v) is 26.2. The molecule has 0 aliphatic rings. The fraction of sp³-hybridized carbons (Fsp3) is 0.105. The van der Waals surface area contributed by atoms with Gasteiger partial charge in [0.15, 0.2) is 5.65 Å². The van der Waals surface area contributed by atoms with E-state index in [9.17, 15) is 9.59 Å².